The van der Waals surface area contributed by atoms with Crippen LogP contribution in [0.15, 0.2) is 0 Å². The van der Waals surface area contributed by atoms with E-state index in [1.807, 2.05) is 6.92 Å². The van der Waals surface area contributed by atoms with E-state index in [2.05, 4.69) is 42.3 Å². The molecule has 0 fully saturated rings. The summed E-state index contributed by atoms with van der Waals surface area (Å²) in [5, 5.41) is 14.0. The summed E-state index contributed by atoms with van der Waals surface area (Å²) in [7, 11) is 1.62. The molecule has 0 aliphatic rings. The number of nitrogens with two attached hydrogens (primary N) is 1. The van der Waals surface area contributed by atoms with Gasteiger partial charge in [0.2, 0.25) is 23.6 Å². The number of carbonyl (C=O) groups is 6. The number of hydrogen-bond acceptors (Lipinski definition) is 11. The quantitative estimate of drug-likeness (QED) is 0.0420. The molecule has 0 heterocycles. The van der Waals surface area contributed by atoms with Gasteiger partial charge in [0.15, 0.2) is 0 Å². The number of nitrogens with one attached hydrogen (secondary N) is 7. The summed E-state index contributed by atoms with van der Waals surface area (Å²) < 4.78 is 0. The molecule has 0 bridgehead atoms. The van der Waals surface area contributed by atoms with Crippen LogP contribution in [-0.4, -0.2) is 93.2 Å². The van der Waals surface area contributed by atoms with Gasteiger partial charge in [-0.3, -0.25) is 29.4 Å². The van der Waals surface area contributed by atoms with Crippen molar-refractivity contribution in [2.75, 3.05) is 39.8 Å². The molecule has 0 aliphatic carbocycles. The van der Waals surface area contributed by atoms with Crippen molar-refractivity contribution >= 4 is 35.2 Å². The first-order valence-corrected chi connectivity index (χ1v) is 14.6. The number of amides is 4. The molecular weight excluding hydrogens is 548 g/mol. The van der Waals surface area contributed by atoms with Crippen LogP contribution in [0.3, 0.4) is 0 Å². The summed E-state index contributed by atoms with van der Waals surface area (Å²) in [6.45, 7) is 6.34. The molecule has 15 nitrogen and oxygen atoms in total. The number of unbranched alkanes of at least 4 members (excludes halogenated alkanes) is 2. The average molecular weight is 601 g/mol. The fourth-order valence-electron chi connectivity index (χ4n) is 3.88. The Kier molecular flexibility index (Phi) is 22.9. The van der Waals surface area contributed by atoms with Gasteiger partial charge >= 0.3 is 0 Å². The topological polar surface area (TPSA) is 222 Å². The molecule has 42 heavy (non-hydrogen) atoms. The lowest BCUT2D eigenvalue weighted by atomic mass is 10.1. The molecule has 0 aromatic carbocycles. The molecule has 3 atom stereocenters. The van der Waals surface area contributed by atoms with E-state index in [4.69, 9.17) is 5.90 Å². The zero-order chi connectivity index (χ0) is 31.8. The minimum absolute atomic E-state index is 0.00338. The Balaban J connectivity index is 4.91. The van der Waals surface area contributed by atoms with Crippen LogP contribution >= 0.6 is 0 Å². The summed E-state index contributed by atoms with van der Waals surface area (Å²) in [4.78, 5) is 76.7. The molecule has 9 N–H and O–H groups in total. The molecule has 242 valence electrons. The summed E-state index contributed by atoms with van der Waals surface area (Å²) in [6, 6.07) is -1.98. The Morgan fingerprint density at radius 2 is 1.21 bits per heavy atom. The molecule has 4 amide bonds. The van der Waals surface area contributed by atoms with Gasteiger partial charge in [-0.15, -0.1) is 0 Å². The Morgan fingerprint density at radius 1 is 0.690 bits per heavy atom. The molecule has 0 aliphatic heterocycles. The van der Waals surface area contributed by atoms with Crippen LogP contribution in [0.5, 0.6) is 0 Å². The van der Waals surface area contributed by atoms with Crippen LogP contribution in [0.2, 0.25) is 0 Å². The maximum atomic E-state index is 13.0. The second-order valence-electron chi connectivity index (χ2n) is 10.1. The number of likely N-dealkylation sites (N-methyl/N-ethyl adjacent to an activating group) is 1. The third kappa shape index (κ3) is 20.0. The first-order valence-electron chi connectivity index (χ1n) is 14.6. The first kappa shape index (κ1) is 39.0. The fraction of sp³-hybridized carbons (Fsp3) is 0.778. The molecule has 0 rings (SSSR count). The molecule has 15 heteroatoms. The van der Waals surface area contributed by atoms with E-state index in [-0.39, 0.29) is 54.6 Å². The molecule has 0 spiro atoms. The third-order valence-electron chi connectivity index (χ3n) is 6.30. The maximum Gasteiger partial charge on any atom is 0.248 e. The minimum Gasteiger partial charge on any atom is -0.355 e. The molecule has 3 unspecified atom stereocenters. The van der Waals surface area contributed by atoms with E-state index in [1.165, 1.54) is 13.8 Å². The Morgan fingerprint density at radius 3 is 1.74 bits per heavy atom. The molecular formula is C27H52N8O7. The summed E-state index contributed by atoms with van der Waals surface area (Å²) in [5.41, 5.74) is 5.83. The number of Topliss-reactive ketones (excluding diaryl/α,β-unsaturated/α-hetero) is 2. The van der Waals surface area contributed by atoms with E-state index in [0.29, 0.717) is 71.1 Å². The lowest BCUT2D eigenvalue weighted by Crippen LogP contribution is -2.52. The van der Waals surface area contributed by atoms with Crippen molar-refractivity contribution in [3.63, 3.8) is 0 Å². The highest BCUT2D eigenvalue weighted by Crippen LogP contribution is 2.05. The zero-order valence-electron chi connectivity index (χ0n) is 25.6. The lowest BCUT2D eigenvalue weighted by Gasteiger charge is -2.22. The first-order chi connectivity index (χ1) is 20.0. The van der Waals surface area contributed by atoms with E-state index in [9.17, 15) is 28.8 Å². The van der Waals surface area contributed by atoms with Crippen LogP contribution in [0.4, 0.5) is 0 Å². The predicted molar refractivity (Wildman–Crippen MR) is 157 cm³/mol. The minimum atomic E-state index is -0.804. The molecule has 0 aromatic heterocycles. The highest BCUT2D eigenvalue weighted by molar-refractivity contribution is 5.90. The molecule has 0 radical (unpaired) electrons. The Bertz CT molecular complexity index is 843. The van der Waals surface area contributed by atoms with Crippen LogP contribution in [0.1, 0.15) is 78.6 Å². The van der Waals surface area contributed by atoms with E-state index >= 15 is 0 Å². The van der Waals surface area contributed by atoms with Gasteiger partial charge < -0.3 is 36.2 Å². The zero-order valence-corrected chi connectivity index (χ0v) is 25.6. The van der Waals surface area contributed by atoms with Crippen LogP contribution < -0.4 is 43.3 Å². The van der Waals surface area contributed by atoms with Crippen LogP contribution in [0.25, 0.3) is 0 Å². The van der Waals surface area contributed by atoms with Crippen LogP contribution in [-0.2, 0) is 33.6 Å². The van der Waals surface area contributed by atoms with Gasteiger partial charge in [0.1, 0.15) is 30.3 Å². The largest absolute Gasteiger partial charge is 0.355 e. The van der Waals surface area contributed by atoms with Crippen LogP contribution in [0, 0.1) is 0 Å². The highest BCUT2D eigenvalue weighted by atomic mass is 16.6. The van der Waals surface area contributed by atoms with Crippen molar-refractivity contribution in [2.24, 2.45) is 5.90 Å². The average Bonchev–Trinajstić information content (AvgIpc) is 2.94. The highest BCUT2D eigenvalue weighted by Gasteiger charge is 2.25. The second-order valence-corrected chi connectivity index (χ2v) is 10.1. The molecule has 0 aromatic rings. The molecule has 0 saturated heterocycles. The van der Waals surface area contributed by atoms with E-state index in [0.717, 1.165) is 0 Å². The number of hydrogen-bond donors (Lipinski definition) is 8. The van der Waals surface area contributed by atoms with Crippen molar-refractivity contribution in [1.29, 1.82) is 0 Å². The third-order valence-corrected chi connectivity index (χ3v) is 6.30. The van der Waals surface area contributed by atoms with Crippen molar-refractivity contribution < 1.29 is 33.6 Å². The van der Waals surface area contributed by atoms with Crippen molar-refractivity contribution in [1.82, 2.24) is 37.4 Å². The van der Waals surface area contributed by atoms with Gasteiger partial charge in [-0.1, -0.05) is 6.92 Å². The fourth-order valence-corrected chi connectivity index (χ4v) is 3.88. The van der Waals surface area contributed by atoms with Gasteiger partial charge in [-0.05, 0) is 65.8 Å². The van der Waals surface area contributed by atoms with Gasteiger partial charge in [0.25, 0.3) is 0 Å². The van der Waals surface area contributed by atoms with Crippen molar-refractivity contribution in [3.05, 3.63) is 0 Å². The maximum absolute atomic E-state index is 13.0. The number of rotatable bonds is 26. The van der Waals surface area contributed by atoms with E-state index < -0.39 is 18.1 Å². The monoisotopic (exact) mass is 600 g/mol. The summed E-state index contributed by atoms with van der Waals surface area (Å²) >= 11 is 0. The second kappa shape index (κ2) is 24.6. The summed E-state index contributed by atoms with van der Waals surface area (Å²) in [5.74, 6) is 3.56. The molecule has 0 saturated carbocycles. The van der Waals surface area contributed by atoms with Crippen molar-refractivity contribution in [2.45, 2.75) is 96.7 Å². The number of hydrazine groups is 1. The SMILES string of the molecule is CCNNC(CCC(C)=O)C(=O)NCCCCC(NC(=O)C(CCC(C)=O)NC)C(=O)NCCCCNC(=O)CON. The Labute approximate surface area is 248 Å². The lowest BCUT2D eigenvalue weighted by molar-refractivity contribution is -0.130. The summed E-state index contributed by atoms with van der Waals surface area (Å²) in [6.07, 6.45) is 3.88. The van der Waals surface area contributed by atoms with Gasteiger partial charge in [-0.25, -0.2) is 11.3 Å². The smallest absolute Gasteiger partial charge is 0.248 e. The normalized spacial score (nSPS) is 13.0. The van der Waals surface area contributed by atoms with Crippen molar-refractivity contribution in [3.8, 4) is 0 Å². The van der Waals surface area contributed by atoms with Gasteiger partial charge in [0, 0.05) is 39.0 Å². The predicted octanol–water partition coefficient (Wildman–Crippen LogP) is -1.53. The number of carbonyl (C=O) groups excluding carboxylic acids is 6. The van der Waals surface area contributed by atoms with Gasteiger partial charge in [0.05, 0.1) is 6.04 Å². The van der Waals surface area contributed by atoms with E-state index in [1.54, 1.807) is 7.05 Å². The number of ketones is 2. The standard InChI is InChI=1S/C27H52N8O7/c1-5-33-35-23(14-12-20(3)37)26(40)32-16-7-6-10-22(34-27(41)21(29-4)13-11-19(2)36)25(39)31-17-9-8-15-30-24(38)18-42-28/h21-23,29,33,35H,5-18,28H2,1-4H3,(H,30,38)(H,31,39)(H,32,40)(H,34,41). The van der Waals surface area contributed by atoms with Gasteiger partial charge in [-0.2, -0.15) is 0 Å². The Hall–Kier alpha value is -2.98.